The summed E-state index contributed by atoms with van der Waals surface area (Å²) in [6, 6.07) is 9.00. The van der Waals surface area contributed by atoms with Gasteiger partial charge >= 0.3 is 0 Å². The van der Waals surface area contributed by atoms with Crippen molar-refractivity contribution in [3.8, 4) is 0 Å². The normalized spacial score (nSPS) is 19.9. The maximum atomic E-state index is 10.1. The zero-order valence-electron chi connectivity index (χ0n) is 11.4. The molecular weight excluding hydrogens is 224 g/mol. The minimum absolute atomic E-state index is 0.301. The summed E-state index contributed by atoms with van der Waals surface area (Å²) in [7, 11) is 0. The third-order valence-corrected chi connectivity index (χ3v) is 3.56. The lowest BCUT2D eigenvalue weighted by Crippen LogP contribution is -2.41. The van der Waals surface area contributed by atoms with Gasteiger partial charge < -0.3 is 15.3 Å². The van der Waals surface area contributed by atoms with Gasteiger partial charge in [0.15, 0.2) is 0 Å². The standard InChI is InChI=1S/C15H24N2O/c1-3-8-16-10-14(18)11-17-12(2)9-13-6-4-5-7-15(13)17/h4-7,12,14,16,18H,3,8-11H2,1-2H3. The third-order valence-electron chi connectivity index (χ3n) is 3.56. The Morgan fingerprint density at radius 2 is 2.22 bits per heavy atom. The van der Waals surface area contributed by atoms with Crippen molar-refractivity contribution in [3.05, 3.63) is 29.8 Å². The van der Waals surface area contributed by atoms with Crippen molar-refractivity contribution in [2.24, 2.45) is 0 Å². The summed E-state index contributed by atoms with van der Waals surface area (Å²) >= 11 is 0. The number of benzene rings is 1. The van der Waals surface area contributed by atoms with E-state index >= 15 is 0 Å². The molecule has 1 aromatic carbocycles. The van der Waals surface area contributed by atoms with E-state index in [0.717, 1.165) is 25.9 Å². The number of fused-ring (bicyclic) bond motifs is 1. The predicted molar refractivity (Wildman–Crippen MR) is 76.1 cm³/mol. The fourth-order valence-corrected chi connectivity index (χ4v) is 2.64. The lowest BCUT2D eigenvalue weighted by Gasteiger charge is -2.27. The van der Waals surface area contributed by atoms with Crippen LogP contribution in [0.2, 0.25) is 0 Å². The smallest absolute Gasteiger partial charge is 0.0839 e. The Bertz CT molecular complexity index is 381. The lowest BCUT2D eigenvalue weighted by atomic mass is 10.1. The molecule has 0 aromatic heterocycles. The van der Waals surface area contributed by atoms with Gasteiger partial charge in [-0.05, 0) is 37.9 Å². The van der Waals surface area contributed by atoms with Crippen LogP contribution in [0.1, 0.15) is 25.8 Å². The molecule has 2 unspecified atom stereocenters. The average Bonchev–Trinajstić information content (AvgIpc) is 2.67. The van der Waals surface area contributed by atoms with E-state index in [1.54, 1.807) is 0 Å². The van der Waals surface area contributed by atoms with E-state index in [-0.39, 0.29) is 6.10 Å². The molecule has 1 aliphatic rings. The number of β-amino-alcohol motifs (C(OH)–C–C–N with tert-alkyl or cyclic N) is 1. The Hall–Kier alpha value is -1.06. The van der Waals surface area contributed by atoms with Crippen molar-refractivity contribution >= 4 is 5.69 Å². The van der Waals surface area contributed by atoms with Gasteiger partial charge in [-0.25, -0.2) is 0 Å². The van der Waals surface area contributed by atoms with Crippen LogP contribution in [0.4, 0.5) is 5.69 Å². The first kappa shape index (κ1) is 13.4. The van der Waals surface area contributed by atoms with E-state index in [2.05, 4.69) is 48.3 Å². The largest absolute Gasteiger partial charge is 0.390 e. The molecule has 2 rings (SSSR count). The fourth-order valence-electron chi connectivity index (χ4n) is 2.64. The number of nitrogens with one attached hydrogen (secondary N) is 1. The molecule has 3 heteroatoms. The summed E-state index contributed by atoms with van der Waals surface area (Å²) in [5, 5.41) is 13.3. The van der Waals surface area contributed by atoms with Crippen LogP contribution in [0.5, 0.6) is 0 Å². The second-order valence-electron chi connectivity index (χ2n) is 5.19. The fraction of sp³-hybridized carbons (Fsp3) is 0.600. The molecule has 0 aliphatic carbocycles. The molecule has 1 aromatic rings. The number of aliphatic hydroxyl groups is 1. The van der Waals surface area contributed by atoms with Crippen molar-refractivity contribution in [2.75, 3.05) is 24.5 Å². The Morgan fingerprint density at radius 3 is 3.00 bits per heavy atom. The minimum Gasteiger partial charge on any atom is -0.390 e. The molecule has 3 nitrogen and oxygen atoms in total. The quantitative estimate of drug-likeness (QED) is 0.754. The highest BCUT2D eigenvalue weighted by atomic mass is 16.3. The van der Waals surface area contributed by atoms with Gasteiger partial charge in [-0.1, -0.05) is 25.1 Å². The first-order chi connectivity index (χ1) is 8.72. The summed E-state index contributed by atoms with van der Waals surface area (Å²) in [6.45, 7) is 6.74. The maximum absolute atomic E-state index is 10.1. The summed E-state index contributed by atoms with van der Waals surface area (Å²) in [4.78, 5) is 2.33. The molecule has 0 saturated heterocycles. The number of nitrogens with zero attached hydrogens (tertiary/aromatic N) is 1. The summed E-state index contributed by atoms with van der Waals surface area (Å²) in [5.41, 5.74) is 2.69. The van der Waals surface area contributed by atoms with Crippen LogP contribution >= 0.6 is 0 Å². The lowest BCUT2D eigenvalue weighted by molar-refractivity contribution is 0.175. The number of anilines is 1. The van der Waals surface area contributed by atoms with E-state index < -0.39 is 0 Å². The molecular formula is C15H24N2O. The molecule has 0 spiro atoms. The Morgan fingerprint density at radius 1 is 1.44 bits per heavy atom. The van der Waals surface area contributed by atoms with Crippen LogP contribution < -0.4 is 10.2 Å². The van der Waals surface area contributed by atoms with E-state index in [9.17, 15) is 5.11 Å². The van der Waals surface area contributed by atoms with Gasteiger partial charge in [0.25, 0.3) is 0 Å². The highest BCUT2D eigenvalue weighted by Crippen LogP contribution is 2.31. The van der Waals surface area contributed by atoms with Crippen molar-refractivity contribution in [1.82, 2.24) is 5.32 Å². The minimum atomic E-state index is -0.301. The van der Waals surface area contributed by atoms with E-state index in [0.29, 0.717) is 12.6 Å². The number of para-hydroxylation sites is 1. The first-order valence-corrected chi connectivity index (χ1v) is 6.95. The van der Waals surface area contributed by atoms with E-state index in [1.807, 2.05) is 0 Å². The van der Waals surface area contributed by atoms with Crippen LogP contribution in [0.15, 0.2) is 24.3 Å². The highest BCUT2D eigenvalue weighted by Gasteiger charge is 2.26. The van der Waals surface area contributed by atoms with Gasteiger partial charge in [-0.2, -0.15) is 0 Å². The average molecular weight is 248 g/mol. The van der Waals surface area contributed by atoms with Crippen molar-refractivity contribution in [3.63, 3.8) is 0 Å². The van der Waals surface area contributed by atoms with Crippen LogP contribution in [-0.2, 0) is 6.42 Å². The zero-order chi connectivity index (χ0) is 13.0. The predicted octanol–water partition coefficient (Wildman–Crippen LogP) is 1.80. The molecule has 0 saturated carbocycles. The third kappa shape index (κ3) is 3.03. The number of aliphatic hydroxyl groups excluding tert-OH is 1. The van der Waals surface area contributed by atoms with Crippen LogP contribution in [0.3, 0.4) is 0 Å². The second kappa shape index (κ2) is 6.21. The first-order valence-electron chi connectivity index (χ1n) is 6.95. The SMILES string of the molecule is CCCNCC(O)CN1c2ccccc2CC1C. The Labute approximate surface area is 110 Å². The molecule has 0 amide bonds. The topological polar surface area (TPSA) is 35.5 Å². The summed E-state index contributed by atoms with van der Waals surface area (Å²) in [6.07, 6.45) is 1.89. The summed E-state index contributed by atoms with van der Waals surface area (Å²) in [5.74, 6) is 0. The molecule has 18 heavy (non-hydrogen) atoms. The van der Waals surface area contributed by atoms with Gasteiger partial charge in [0, 0.05) is 24.8 Å². The van der Waals surface area contributed by atoms with Gasteiger partial charge in [-0.15, -0.1) is 0 Å². The molecule has 2 atom stereocenters. The number of hydrogen-bond acceptors (Lipinski definition) is 3. The van der Waals surface area contributed by atoms with Crippen LogP contribution in [-0.4, -0.2) is 36.9 Å². The van der Waals surface area contributed by atoms with Crippen LogP contribution in [0, 0.1) is 0 Å². The second-order valence-corrected chi connectivity index (χ2v) is 5.19. The number of rotatable bonds is 6. The molecule has 100 valence electrons. The van der Waals surface area contributed by atoms with Crippen LogP contribution in [0.25, 0.3) is 0 Å². The maximum Gasteiger partial charge on any atom is 0.0839 e. The molecule has 1 heterocycles. The molecule has 2 N–H and O–H groups in total. The highest BCUT2D eigenvalue weighted by molar-refractivity contribution is 5.59. The van der Waals surface area contributed by atoms with Gasteiger partial charge in [-0.3, -0.25) is 0 Å². The monoisotopic (exact) mass is 248 g/mol. The van der Waals surface area contributed by atoms with Crippen molar-refractivity contribution in [2.45, 2.75) is 38.8 Å². The Kier molecular flexibility index (Phi) is 4.61. The van der Waals surface area contributed by atoms with Gasteiger partial charge in [0.05, 0.1) is 6.10 Å². The van der Waals surface area contributed by atoms with Gasteiger partial charge in [0.2, 0.25) is 0 Å². The molecule has 0 radical (unpaired) electrons. The Balaban J connectivity index is 1.93. The zero-order valence-corrected chi connectivity index (χ0v) is 11.4. The van der Waals surface area contributed by atoms with E-state index in [1.165, 1.54) is 11.3 Å². The number of hydrogen-bond donors (Lipinski definition) is 2. The van der Waals surface area contributed by atoms with Crippen molar-refractivity contribution in [1.29, 1.82) is 0 Å². The molecule has 1 aliphatic heterocycles. The summed E-state index contributed by atoms with van der Waals surface area (Å²) < 4.78 is 0. The molecule has 0 fully saturated rings. The van der Waals surface area contributed by atoms with E-state index in [4.69, 9.17) is 0 Å². The molecule has 0 bridgehead atoms. The van der Waals surface area contributed by atoms with Gasteiger partial charge in [0.1, 0.15) is 0 Å². The van der Waals surface area contributed by atoms with Crippen molar-refractivity contribution < 1.29 is 5.11 Å².